The number of terminal acetylenes is 1. The fourth-order valence-corrected chi connectivity index (χ4v) is 0.749. The molecule has 58 valence electrons. The topological polar surface area (TPSA) is 12.0 Å². The van der Waals surface area contributed by atoms with E-state index in [4.69, 9.17) is 6.42 Å². The largest absolute Gasteiger partial charge is 0.317 e. The van der Waals surface area contributed by atoms with Crippen molar-refractivity contribution in [2.24, 2.45) is 0 Å². The Morgan fingerprint density at radius 1 is 1.70 bits per heavy atom. The predicted molar refractivity (Wildman–Crippen MR) is 41.5 cm³/mol. The Kier molecular flexibility index (Phi) is 6.21. The molecule has 0 amide bonds. The molecule has 0 saturated heterocycles. The highest BCUT2D eigenvalue weighted by Crippen LogP contribution is 2.02. The molecule has 0 aromatic heterocycles. The van der Waals surface area contributed by atoms with Crippen molar-refractivity contribution < 1.29 is 4.39 Å². The Hall–Kier alpha value is -0.550. The van der Waals surface area contributed by atoms with Crippen molar-refractivity contribution in [3.05, 3.63) is 0 Å². The first-order valence-electron chi connectivity index (χ1n) is 3.53. The van der Waals surface area contributed by atoms with Crippen molar-refractivity contribution in [1.82, 2.24) is 5.32 Å². The summed E-state index contributed by atoms with van der Waals surface area (Å²) in [4.78, 5) is 0. The molecule has 0 radical (unpaired) electrons. The molecule has 1 unspecified atom stereocenters. The molecule has 1 nitrogen and oxygen atoms in total. The van der Waals surface area contributed by atoms with E-state index in [1.165, 1.54) is 0 Å². The highest BCUT2D eigenvalue weighted by Gasteiger charge is 2.02. The average molecular weight is 143 g/mol. The monoisotopic (exact) mass is 143 g/mol. The molecule has 0 rings (SSSR count). The van der Waals surface area contributed by atoms with Crippen LogP contribution in [-0.4, -0.2) is 19.8 Å². The van der Waals surface area contributed by atoms with Crippen LogP contribution in [0, 0.1) is 12.3 Å². The van der Waals surface area contributed by atoms with Gasteiger partial charge in [0.1, 0.15) is 6.17 Å². The lowest BCUT2D eigenvalue weighted by Crippen LogP contribution is -2.19. The Bertz CT molecular complexity index is 106. The lowest BCUT2D eigenvalue weighted by molar-refractivity contribution is 0.303. The number of unbranched alkanes of at least 4 members (excludes halogenated alkanes) is 1. The van der Waals surface area contributed by atoms with Crippen LogP contribution < -0.4 is 5.32 Å². The van der Waals surface area contributed by atoms with Gasteiger partial charge in [-0.15, -0.1) is 12.3 Å². The average Bonchev–Trinajstić information content (AvgIpc) is 1.89. The van der Waals surface area contributed by atoms with Crippen LogP contribution in [0.1, 0.15) is 19.3 Å². The molecular formula is C8H14FN. The van der Waals surface area contributed by atoms with Crippen molar-refractivity contribution in [1.29, 1.82) is 0 Å². The highest BCUT2D eigenvalue weighted by molar-refractivity contribution is 4.83. The summed E-state index contributed by atoms with van der Waals surface area (Å²) in [5.41, 5.74) is 0. The lowest BCUT2D eigenvalue weighted by atomic mass is 10.2. The molecule has 10 heavy (non-hydrogen) atoms. The Morgan fingerprint density at radius 3 is 2.90 bits per heavy atom. The third kappa shape index (κ3) is 5.58. The zero-order valence-electron chi connectivity index (χ0n) is 6.36. The van der Waals surface area contributed by atoms with Gasteiger partial charge in [0.15, 0.2) is 0 Å². The number of hydrogen-bond acceptors (Lipinski definition) is 1. The zero-order chi connectivity index (χ0) is 7.82. The predicted octanol–water partition coefficient (Wildman–Crippen LogP) is 1.35. The van der Waals surface area contributed by atoms with Gasteiger partial charge < -0.3 is 5.32 Å². The molecule has 0 spiro atoms. The van der Waals surface area contributed by atoms with Crippen molar-refractivity contribution in [3.8, 4) is 12.3 Å². The van der Waals surface area contributed by atoms with Crippen LogP contribution in [-0.2, 0) is 0 Å². The van der Waals surface area contributed by atoms with Crippen molar-refractivity contribution >= 4 is 0 Å². The molecule has 0 heterocycles. The number of alkyl halides is 1. The zero-order valence-corrected chi connectivity index (χ0v) is 6.36. The molecule has 0 aromatic carbocycles. The first-order valence-corrected chi connectivity index (χ1v) is 3.53. The number of hydrogen-bond donors (Lipinski definition) is 1. The van der Waals surface area contributed by atoms with Gasteiger partial charge in [-0.25, -0.2) is 4.39 Å². The van der Waals surface area contributed by atoms with Gasteiger partial charge in [-0.2, -0.15) is 0 Å². The van der Waals surface area contributed by atoms with Crippen LogP contribution >= 0.6 is 0 Å². The molecule has 2 heteroatoms. The van der Waals surface area contributed by atoms with Gasteiger partial charge in [-0.1, -0.05) is 0 Å². The maximum absolute atomic E-state index is 12.6. The molecule has 0 bridgehead atoms. The molecule has 0 aliphatic heterocycles. The summed E-state index contributed by atoms with van der Waals surface area (Å²) in [5.74, 6) is 2.48. The van der Waals surface area contributed by atoms with Crippen molar-refractivity contribution in [3.63, 3.8) is 0 Å². The third-order valence-electron chi connectivity index (χ3n) is 1.26. The van der Waals surface area contributed by atoms with E-state index >= 15 is 0 Å². The second kappa shape index (κ2) is 6.57. The van der Waals surface area contributed by atoms with E-state index in [1.54, 1.807) is 7.05 Å². The maximum atomic E-state index is 12.6. The van der Waals surface area contributed by atoms with Gasteiger partial charge in [-0.05, 0) is 19.9 Å². The number of nitrogens with one attached hydrogen (secondary N) is 1. The summed E-state index contributed by atoms with van der Waals surface area (Å²) in [6, 6.07) is 0. The molecule has 1 atom stereocenters. The minimum Gasteiger partial charge on any atom is -0.317 e. The number of halogens is 1. The van der Waals surface area contributed by atoms with Gasteiger partial charge in [0.2, 0.25) is 0 Å². The quantitative estimate of drug-likeness (QED) is 0.452. The second-order valence-electron chi connectivity index (χ2n) is 2.25. The van der Waals surface area contributed by atoms with E-state index in [0.717, 1.165) is 6.42 Å². The fraction of sp³-hybridized carbons (Fsp3) is 0.750. The fourth-order valence-electron chi connectivity index (χ4n) is 0.749. The van der Waals surface area contributed by atoms with Crippen LogP contribution in [0.3, 0.4) is 0 Å². The third-order valence-corrected chi connectivity index (χ3v) is 1.26. The van der Waals surface area contributed by atoms with E-state index in [2.05, 4.69) is 11.2 Å². The Morgan fingerprint density at radius 2 is 2.40 bits per heavy atom. The van der Waals surface area contributed by atoms with Crippen LogP contribution in [0.15, 0.2) is 0 Å². The SMILES string of the molecule is C#CCCCC(F)CNC. The van der Waals surface area contributed by atoms with E-state index in [9.17, 15) is 4.39 Å². The van der Waals surface area contributed by atoms with Gasteiger partial charge >= 0.3 is 0 Å². The number of rotatable bonds is 5. The lowest BCUT2D eigenvalue weighted by Gasteiger charge is -2.04. The Labute approximate surface area is 62.0 Å². The standard InChI is InChI=1S/C8H14FN/c1-3-4-5-6-8(9)7-10-2/h1,8,10H,4-7H2,2H3. The second-order valence-corrected chi connectivity index (χ2v) is 2.25. The van der Waals surface area contributed by atoms with Crippen LogP contribution in [0.5, 0.6) is 0 Å². The maximum Gasteiger partial charge on any atom is 0.113 e. The summed E-state index contributed by atoms with van der Waals surface area (Å²) < 4.78 is 12.6. The van der Waals surface area contributed by atoms with E-state index in [0.29, 0.717) is 19.4 Å². The molecular weight excluding hydrogens is 129 g/mol. The summed E-state index contributed by atoms with van der Waals surface area (Å²) in [6.45, 7) is 0.435. The molecule has 0 aliphatic carbocycles. The summed E-state index contributed by atoms with van der Waals surface area (Å²) in [6.07, 6.45) is 6.31. The first-order chi connectivity index (χ1) is 4.81. The smallest absolute Gasteiger partial charge is 0.113 e. The Balaban J connectivity index is 3.06. The molecule has 1 N–H and O–H groups in total. The van der Waals surface area contributed by atoms with E-state index in [-0.39, 0.29) is 0 Å². The molecule has 0 aliphatic rings. The van der Waals surface area contributed by atoms with Crippen LogP contribution in [0.25, 0.3) is 0 Å². The first kappa shape index (κ1) is 9.45. The molecule has 0 saturated carbocycles. The summed E-state index contributed by atoms with van der Waals surface area (Å²) in [7, 11) is 1.74. The summed E-state index contributed by atoms with van der Waals surface area (Å²) in [5, 5.41) is 2.77. The van der Waals surface area contributed by atoms with Crippen molar-refractivity contribution in [2.45, 2.75) is 25.4 Å². The van der Waals surface area contributed by atoms with E-state index < -0.39 is 6.17 Å². The highest BCUT2D eigenvalue weighted by atomic mass is 19.1. The minimum absolute atomic E-state index is 0.435. The van der Waals surface area contributed by atoms with Gasteiger partial charge in [0, 0.05) is 13.0 Å². The minimum atomic E-state index is -0.738. The van der Waals surface area contributed by atoms with Gasteiger partial charge in [-0.3, -0.25) is 0 Å². The normalized spacial score (nSPS) is 12.5. The molecule has 0 aromatic rings. The van der Waals surface area contributed by atoms with Gasteiger partial charge in [0.05, 0.1) is 0 Å². The van der Waals surface area contributed by atoms with Crippen molar-refractivity contribution in [2.75, 3.05) is 13.6 Å². The molecule has 0 fully saturated rings. The van der Waals surface area contributed by atoms with Crippen LogP contribution in [0.4, 0.5) is 4.39 Å². The van der Waals surface area contributed by atoms with Gasteiger partial charge in [0.25, 0.3) is 0 Å². The van der Waals surface area contributed by atoms with Crippen LogP contribution in [0.2, 0.25) is 0 Å². The summed E-state index contributed by atoms with van der Waals surface area (Å²) >= 11 is 0. The van der Waals surface area contributed by atoms with E-state index in [1.807, 2.05) is 0 Å².